The van der Waals surface area contributed by atoms with E-state index in [1.54, 1.807) is 24.3 Å². The van der Waals surface area contributed by atoms with Crippen LogP contribution in [0.15, 0.2) is 24.3 Å². The van der Waals surface area contributed by atoms with Crippen LogP contribution in [0.2, 0.25) is 10.2 Å². The minimum absolute atomic E-state index is 0.174. The SMILES string of the molecule is NC(CC(=O)O)c1ccc2nc(Cl)ccc2c1Cl. The number of rotatable bonds is 3. The molecule has 3 N–H and O–H groups in total. The summed E-state index contributed by atoms with van der Waals surface area (Å²) in [5.41, 5.74) is 7.05. The highest BCUT2D eigenvalue weighted by molar-refractivity contribution is 6.36. The fourth-order valence-electron chi connectivity index (χ4n) is 1.74. The van der Waals surface area contributed by atoms with Gasteiger partial charge in [0.05, 0.1) is 17.0 Å². The lowest BCUT2D eigenvalue weighted by Crippen LogP contribution is -2.15. The summed E-state index contributed by atoms with van der Waals surface area (Å²) < 4.78 is 0. The summed E-state index contributed by atoms with van der Waals surface area (Å²) >= 11 is 12.0. The van der Waals surface area contributed by atoms with Crippen molar-refractivity contribution >= 4 is 40.1 Å². The zero-order valence-electron chi connectivity index (χ0n) is 9.23. The number of hydrogen-bond acceptors (Lipinski definition) is 3. The van der Waals surface area contributed by atoms with Gasteiger partial charge in [0.2, 0.25) is 0 Å². The molecule has 0 radical (unpaired) electrons. The van der Waals surface area contributed by atoms with Crippen molar-refractivity contribution in [1.82, 2.24) is 4.98 Å². The molecule has 1 unspecified atom stereocenters. The molecule has 0 bridgehead atoms. The minimum atomic E-state index is -0.965. The summed E-state index contributed by atoms with van der Waals surface area (Å²) in [5.74, 6) is -0.965. The first kappa shape index (κ1) is 13.1. The van der Waals surface area contributed by atoms with Crippen LogP contribution < -0.4 is 5.73 Å². The molecular weight excluding hydrogens is 275 g/mol. The van der Waals surface area contributed by atoms with E-state index in [0.29, 0.717) is 26.6 Å². The summed E-state index contributed by atoms with van der Waals surface area (Å²) in [6.07, 6.45) is -0.174. The van der Waals surface area contributed by atoms with Crippen molar-refractivity contribution in [1.29, 1.82) is 0 Å². The molecular formula is C12H10Cl2N2O2. The number of halogens is 2. The zero-order chi connectivity index (χ0) is 13.3. The van der Waals surface area contributed by atoms with Gasteiger partial charge in [0.15, 0.2) is 0 Å². The Balaban J connectivity index is 2.51. The standard InChI is InChI=1S/C12H10Cl2N2O2/c13-10-4-2-7-9(16-10)3-1-6(12(7)14)8(15)5-11(17)18/h1-4,8H,5,15H2,(H,17,18). The molecule has 2 aromatic rings. The predicted octanol–water partition coefficient (Wildman–Crippen LogP) is 3.02. The molecule has 1 atom stereocenters. The van der Waals surface area contributed by atoms with Gasteiger partial charge >= 0.3 is 5.97 Å². The maximum absolute atomic E-state index is 10.6. The van der Waals surface area contributed by atoms with Gasteiger partial charge in [-0.05, 0) is 23.8 Å². The molecule has 94 valence electrons. The molecule has 18 heavy (non-hydrogen) atoms. The van der Waals surface area contributed by atoms with Gasteiger partial charge in [-0.2, -0.15) is 0 Å². The lowest BCUT2D eigenvalue weighted by molar-refractivity contribution is -0.137. The number of aliphatic carboxylic acids is 1. The molecule has 0 saturated carbocycles. The maximum Gasteiger partial charge on any atom is 0.305 e. The molecule has 1 heterocycles. The van der Waals surface area contributed by atoms with Crippen LogP contribution in [-0.2, 0) is 4.79 Å². The molecule has 0 fully saturated rings. The van der Waals surface area contributed by atoms with Crippen LogP contribution >= 0.6 is 23.2 Å². The fourth-order valence-corrected chi connectivity index (χ4v) is 2.26. The van der Waals surface area contributed by atoms with Crippen molar-refractivity contribution in [2.75, 3.05) is 0 Å². The van der Waals surface area contributed by atoms with E-state index in [0.717, 1.165) is 0 Å². The molecule has 0 aliphatic heterocycles. The van der Waals surface area contributed by atoms with Crippen LogP contribution in [0, 0.1) is 0 Å². The minimum Gasteiger partial charge on any atom is -0.481 e. The first-order chi connectivity index (χ1) is 8.49. The average molecular weight is 285 g/mol. The van der Waals surface area contributed by atoms with E-state index in [-0.39, 0.29) is 6.42 Å². The van der Waals surface area contributed by atoms with Crippen LogP contribution in [0.1, 0.15) is 18.0 Å². The first-order valence-electron chi connectivity index (χ1n) is 5.21. The molecule has 0 aliphatic carbocycles. The highest BCUT2D eigenvalue weighted by atomic mass is 35.5. The smallest absolute Gasteiger partial charge is 0.305 e. The lowest BCUT2D eigenvalue weighted by Gasteiger charge is -2.13. The van der Waals surface area contributed by atoms with E-state index >= 15 is 0 Å². The van der Waals surface area contributed by atoms with Crippen LogP contribution in [0.4, 0.5) is 0 Å². The summed E-state index contributed by atoms with van der Waals surface area (Å²) in [4.78, 5) is 14.8. The summed E-state index contributed by atoms with van der Waals surface area (Å²) in [5, 5.41) is 10.2. The molecule has 0 spiro atoms. The molecule has 1 aromatic carbocycles. The van der Waals surface area contributed by atoms with Crippen LogP contribution in [0.25, 0.3) is 10.9 Å². The number of fused-ring (bicyclic) bond motifs is 1. The number of carboxylic acids is 1. The third kappa shape index (κ3) is 2.56. The lowest BCUT2D eigenvalue weighted by atomic mass is 10.0. The van der Waals surface area contributed by atoms with E-state index in [1.165, 1.54) is 0 Å². The van der Waals surface area contributed by atoms with Crippen LogP contribution in [-0.4, -0.2) is 16.1 Å². The Morgan fingerprint density at radius 2 is 2.06 bits per heavy atom. The number of aromatic nitrogens is 1. The topological polar surface area (TPSA) is 76.2 Å². The molecule has 0 saturated heterocycles. The van der Waals surface area contributed by atoms with E-state index in [9.17, 15) is 4.79 Å². The van der Waals surface area contributed by atoms with Crippen LogP contribution in [0.5, 0.6) is 0 Å². The Labute approximate surface area is 113 Å². The average Bonchev–Trinajstić information content (AvgIpc) is 2.27. The number of carbonyl (C=O) groups is 1. The molecule has 2 rings (SSSR count). The number of hydrogen-bond donors (Lipinski definition) is 2. The van der Waals surface area contributed by atoms with Crippen molar-refractivity contribution in [3.63, 3.8) is 0 Å². The predicted molar refractivity (Wildman–Crippen MR) is 70.9 cm³/mol. The van der Waals surface area contributed by atoms with E-state index in [1.807, 2.05) is 0 Å². The van der Waals surface area contributed by atoms with Crippen molar-refractivity contribution in [3.05, 3.63) is 40.0 Å². The quantitative estimate of drug-likeness (QED) is 0.850. The van der Waals surface area contributed by atoms with Gasteiger partial charge in [-0.1, -0.05) is 29.3 Å². The number of nitrogens with zero attached hydrogens (tertiary/aromatic N) is 1. The Kier molecular flexibility index (Phi) is 3.71. The number of benzene rings is 1. The highest BCUT2D eigenvalue weighted by Crippen LogP contribution is 2.31. The normalized spacial score (nSPS) is 12.6. The summed E-state index contributed by atoms with van der Waals surface area (Å²) in [6.45, 7) is 0. The Hall–Kier alpha value is -1.36. The summed E-state index contributed by atoms with van der Waals surface area (Å²) in [7, 11) is 0. The van der Waals surface area contributed by atoms with Gasteiger partial charge in [0, 0.05) is 11.4 Å². The molecule has 0 aliphatic rings. The van der Waals surface area contributed by atoms with Crippen molar-refractivity contribution in [2.45, 2.75) is 12.5 Å². The second kappa shape index (κ2) is 5.10. The third-order valence-electron chi connectivity index (χ3n) is 2.60. The van der Waals surface area contributed by atoms with Gasteiger partial charge < -0.3 is 10.8 Å². The second-order valence-corrected chi connectivity index (χ2v) is 4.64. The van der Waals surface area contributed by atoms with Crippen molar-refractivity contribution in [2.24, 2.45) is 5.73 Å². The van der Waals surface area contributed by atoms with Gasteiger partial charge in [-0.15, -0.1) is 0 Å². The van der Waals surface area contributed by atoms with Gasteiger partial charge in [0.25, 0.3) is 0 Å². The summed E-state index contributed by atoms with van der Waals surface area (Å²) in [6, 6.07) is 6.13. The Bertz CT molecular complexity index is 616. The van der Waals surface area contributed by atoms with E-state index < -0.39 is 12.0 Å². The molecule has 0 amide bonds. The number of nitrogens with two attached hydrogens (primary N) is 1. The fraction of sp³-hybridized carbons (Fsp3) is 0.167. The monoisotopic (exact) mass is 284 g/mol. The van der Waals surface area contributed by atoms with Gasteiger partial charge in [-0.3, -0.25) is 4.79 Å². The maximum atomic E-state index is 10.6. The highest BCUT2D eigenvalue weighted by Gasteiger charge is 2.16. The van der Waals surface area contributed by atoms with E-state index in [4.69, 9.17) is 34.0 Å². The molecule has 1 aromatic heterocycles. The van der Waals surface area contributed by atoms with Gasteiger partial charge in [-0.25, -0.2) is 4.98 Å². The van der Waals surface area contributed by atoms with Crippen molar-refractivity contribution < 1.29 is 9.90 Å². The van der Waals surface area contributed by atoms with E-state index in [2.05, 4.69) is 4.98 Å². The van der Waals surface area contributed by atoms with Crippen LogP contribution in [0.3, 0.4) is 0 Å². The largest absolute Gasteiger partial charge is 0.481 e. The first-order valence-corrected chi connectivity index (χ1v) is 5.96. The number of pyridine rings is 1. The molecule has 4 nitrogen and oxygen atoms in total. The molecule has 6 heteroatoms. The zero-order valence-corrected chi connectivity index (χ0v) is 10.7. The van der Waals surface area contributed by atoms with Gasteiger partial charge in [0.1, 0.15) is 5.15 Å². The number of carboxylic acid groups (broad SMARTS) is 1. The third-order valence-corrected chi connectivity index (χ3v) is 3.23. The van der Waals surface area contributed by atoms with Crippen molar-refractivity contribution in [3.8, 4) is 0 Å². The Morgan fingerprint density at radius 3 is 2.72 bits per heavy atom. The Morgan fingerprint density at radius 1 is 1.33 bits per heavy atom. The second-order valence-electron chi connectivity index (χ2n) is 3.87.